The minimum absolute atomic E-state index is 0.526. The Kier molecular flexibility index (Phi) is 5.16. The molecule has 2 aromatic rings. The van der Waals surface area contributed by atoms with Gasteiger partial charge in [-0.2, -0.15) is 0 Å². The van der Waals surface area contributed by atoms with Crippen LogP contribution in [0.5, 0.6) is 5.75 Å². The zero-order chi connectivity index (χ0) is 15.1. The van der Waals surface area contributed by atoms with Gasteiger partial charge in [-0.3, -0.25) is 0 Å². The number of ether oxygens (including phenoxy) is 1. The Bertz CT molecular complexity index is 630. The Balaban J connectivity index is 2.11. The molecule has 0 aliphatic carbocycles. The standard InChI is InChI=1S/C18H18O3/c1-2-16-12-14(9-11-18(19)20)8-10-17(16)21-13-15-6-4-3-5-7-15/h3-12H,2,13H2,1H3,(H,19,20)/b11-9+. The molecule has 2 aromatic carbocycles. The average molecular weight is 282 g/mol. The Labute approximate surface area is 124 Å². The first-order valence-electron chi connectivity index (χ1n) is 6.89. The first-order chi connectivity index (χ1) is 10.2. The lowest BCUT2D eigenvalue weighted by molar-refractivity contribution is -0.131. The highest BCUT2D eigenvalue weighted by Crippen LogP contribution is 2.22. The van der Waals surface area contributed by atoms with E-state index in [9.17, 15) is 4.79 Å². The van der Waals surface area contributed by atoms with Crippen LogP contribution >= 0.6 is 0 Å². The molecule has 0 aliphatic heterocycles. The average Bonchev–Trinajstić information content (AvgIpc) is 2.52. The van der Waals surface area contributed by atoms with Gasteiger partial charge in [-0.1, -0.05) is 43.3 Å². The number of rotatable bonds is 6. The zero-order valence-electron chi connectivity index (χ0n) is 12.0. The monoisotopic (exact) mass is 282 g/mol. The molecule has 0 atom stereocenters. The van der Waals surface area contributed by atoms with E-state index in [-0.39, 0.29) is 0 Å². The lowest BCUT2D eigenvalue weighted by atomic mass is 10.1. The molecular weight excluding hydrogens is 264 g/mol. The van der Waals surface area contributed by atoms with Gasteiger partial charge in [0.2, 0.25) is 0 Å². The van der Waals surface area contributed by atoms with E-state index in [0.717, 1.165) is 34.9 Å². The summed E-state index contributed by atoms with van der Waals surface area (Å²) in [6.07, 6.45) is 3.56. The van der Waals surface area contributed by atoms with Crippen LogP contribution in [0.1, 0.15) is 23.6 Å². The zero-order valence-corrected chi connectivity index (χ0v) is 12.0. The molecule has 3 nitrogen and oxygen atoms in total. The van der Waals surface area contributed by atoms with Crippen molar-refractivity contribution < 1.29 is 14.6 Å². The van der Waals surface area contributed by atoms with E-state index in [4.69, 9.17) is 9.84 Å². The van der Waals surface area contributed by atoms with Crippen molar-refractivity contribution in [3.63, 3.8) is 0 Å². The van der Waals surface area contributed by atoms with Crippen LogP contribution < -0.4 is 4.74 Å². The molecule has 0 unspecified atom stereocenters. The van der Waals surface area contributed by atoms with Crippen molar-refractivity contribution in [2.45, 2.75) is 20.0 Å². The van der Waals surface area contributed by atoms with Crippen LogP contribution in [0.4, 0.5) is 0 Å². The second-order valence-corrected chi connectivity index (χ2v) is 4.67. The Morgan fingerprint density at radius 1 is 1.19 bits per heavy atom. The predicted molar refractivity (Wildman–Crippen MR) is 83.3 cm³/mol. The largest absolute Gasteiger partial charge is 0.489 e. The molecule has 0 saturated heterocycles. The molecular formula is C18H18O3. The molecule has 2 rings (SSSR count). The number of carboxylic acid groups (broad SMARTS) is 1. The van der Waals surface area contributed by atoms with Gasteiger partial charge in [-0.25, -0.2) is 4.79 Å². The third-order valence-electron chi connectivity index (χ3n) is 3.12. The second kappa shape index (κ2) is 7.29. The van der Waals surface area contributed by atoms with E-state index >= 15 is 0 Å². The van der Waals surface area contributed by atoms with E-state index in [1.165, 1.54) is 0 Å². The van der Waals surface area contributed by atoms with Gasteiger partial charge in [-0.15, -0.1) is 0 Å². The second-order valence-electron chi connectivity index (χ2n) is 4.67. The smallest absolute Gasteiger partial charge is 0.328 e. The molecule has 21 heavy (non-hydrogen) atoms. The molecule has 108 valence electrons. The minimum Gasteiger partial charge on any atom is -0.489 e. The summed E-state index contributed by atoms with van der Waals surface area (Å²) in [6.45, 7) is 2.58. The summed E-state index contributed by atoms with van der Waals surface area (Å²) >= 11 is 0. The Hall–Kier alpha value is -2.55. The van der Waals surface area contributed by atoms with Crippen molar-refractivity contribution in [2.24, 2.45) is 0 Å². The fraction of sp³-hybridized carbons (Fsp3) is 0.167. The third-order valence-corrected chi connectivity index (χ3v) is 3.12. The maximum Gasteiger partial charge on any atom is 0.328 e. The maximum atomic E-state index is 10.5. The summed E-state index contributed by atoms with van der Waals surface area (Å²) in [5.74, 6) is -0.105. The van der Waals surface area contributed by atoms with Crippen LogP contribution in [0, 0.1) is 0 Å². The fourth-order valence-electron chi connectivity index (χ4n) is 2.02. The number of aliphatic carboxylic acids is 1. The third kappa shape index (κ3) is 4.49. The van der Waals surface area contributed by atoms with E-state index in [2.05, 4.69) is 6.92 Å². The molecule has 0 amide bonds. The number of benzene rings is 2. The molecule has 0 aliphatic rings. The highest BCUT2D eigenvalue weighted by atomic mass is 16.5. The predicted octanol–water partition coefficient (Wildman–Crippen LogP) is 3.93. The molecule has 3 heteroatoms. The molecule has 0 aromatic heterocycles. The van der Waals surface area contributed by atoms with E-state index in [1.807, 2.05) is 48.5 Å². The quantitative estimate of drug-likeness (QED) is 0.817. The SMILES string of the molecule is CCc1cc(/C=C/C(=O)O)ccc1OCc1ccccc1. The van der Waals surface area contributed by atoms with Crippen LogP contribution in [0.2, 0.25) is 0 Å². The molecule has 0 radical (unpaired) electrons. The summed E-state index contributed by atoms with van der Waals surface area (Å²) < 4.78 is 5.85. The summed E-state index contributed by atoms with van der Waals surface area (Å²) in [7, 11) is 0. The van der Waals surface area contributed by atoms with E-state index in [1.54, 1.807) is 6.08 Å². The van der Waals surface area contributed by atoms with Crippen LogP contribution in [-0.4, -0.2) is 11.1 Å². The molecule has 0 spiro atoms. The van der Waals surface area contributed by atoms with Gasteiger partial charge >= 0.3 is 5.97 Å². The molecule has 1 N–H and O–H groups in total. The van der Waals surface area contributed by atoms with Gasteiger partial charge < -0.3 is 9.84 Å². The number of aryl methyl sites for hydroxylation is 1. The molecule has 0 saturated carbocycles. The molecule has 0 bridgehead atoms. The van der Waals surface area contributed by atoms with Gasteiger partial charge in [0.05, 0.1) is 0 Å². The summed E-state index contributed by atoms with van der Waals surface area (Å²) in [4.78, 5) is 10.5. The number of carboxylic acids is 1. The highest BCUT2D eigenvalue weighted by Gasteiger charge is 2.03. The topological polar surface area (TPSA) is 46.5 Å². The minimum atomic E-state index is -0.947. The van der Waals surface area contributed by atoms with Crippen molar-refractivity contribution in [2.75, 3.05) is 0 Å². The Morgan fingerprint density at radius 3 is 2.62 bits per heavy atom. The van der Waals surface area contributed by atoms with Crippen LogP contribution in [0.3, 0.4) is 0 Å². The lowest BCUT2D eigenvalue weighted by Crippen LogP contribution is -1.98. The van der Waals surface area contributed by atoms with Crippen LogP contribution in [0.15, 0.2) is 54.6 Å². The van der Waals surface area contributed by atoms with Crippen molar-refractivity contribution in [1.82, 2.24) is 0 Å². The van der Waals surface area contributed by atoms with Gasteiger partial charge in [0.15, 0.2) is 0 Å². The van der Waals surface area contributed by atoms with Crippen LogP contribution in [-0.2, 0) is 17.8 Å². The normalized spacial score (nSPS) is 10.7. The summed E-state index contributed by atoms with van der Waals surface area (Å²) in [5, 5.41) is 8.65. The van der Waals surface area contributed by atoms with Gasteiger partial charge in [-0.05, 0) is 41.3 Å². The lowest BCUT2D eigenvalue weighted by Gasteiger charge is -2.11. The summed E-state index contributed by atoms with van der Waals surface area (Å²) in [5.41, 5.74) is 3.05. The van der Waals surface area contributed by atoms with Gasteiger partial charge in [0, 0.05) is 6.08 Å². The van der Waals surface area contributed by atoms with Crippen LogP contribution in [0.25, 0.3) is 6.08 Å². The van der Waals surface area contributed by atoms with E-state index in [0.29, 0.717) is 6.61 Å². The van der Waals surface area contributed by atoms with Gasteiger partial charge in [0.25, 0.3) is 0 Å². The number of carbonyl (C=O) groups is 1. The summed E-state index contributed by atoms with van der Waals surface area (Å²) in [6, 6.07) is 15.7. The number of hydrogen-bond acceptors (Lipinski definition) is 2. The number of hydrogen-bond donors (Lipinski definition) is 1. The van der Waals surface area contributed by atoms with Gasteiger partial charge in [0.1, 0.15) is 12.4 Å². The Morgan fingerprint density at radius 2 is 1.95 bits per heavy atom. The first kappa shape index (κ1) is 14.9. The first-order valence-corrected chi connectivity index (χ1v) is 6.89. The van der Waals surface area contributed by atoms with E-state index < -0.39 is 5.97 Å². The van der Waals surface area contributed by atoms with Crippen molar-refractivity contribution in [3.05, 3.63) is 71.3 Å². The maximum absolute atomic E-state index is 10.5. The molecule has 0 heterocycles. The van der Waals surface area contributed by atoms with Crippen molar-refractivity contribution in [1.29, 1.82) is 0 Å². The highest BCUT2D eigenvalue weighted by molar-refractivity contribution is 5.85. The fourth-order valence-corrected chi connectivity index (χ4v) is 2.02. The van der Waals surface area contributed by atoms with Crippen molar-refractivity contribution in [3.8, 4) is 5.75 Å². The van der Waals surface area contributed by atoms with Crippen molar-refractivity contribution >= 4 is 12.0 Å². The molecule has 0 fully saturated rings.